The van der Waals surface area contributed by atoms with Crippen molar-refractivity contribution in [3.63, 3.8) is 0 Å². The van der Waals surface area contributed by atoms with E-state index in [1.165, 1.54) is 24.0 Å². The largest absolute Gasteiger partial charge is 0.399 e. The molecule has 2 heteroatoms. The second kappa shape index (κ2) is 3.10. The number of anilines is 1. The molecule has 1 aromatic rings. The topological polar surface area (TPSA) is 30.4 Å². The number of rotatable bonds is 0. The first kappa shape index (κ1) is 8.12. The highest BCUT2D eigenvalue weighted by Gasteiger charge is 2.15. The quantitative estimate of drug-likeness (QED) is 0.473. The molecule has 0 radical (unpaired) electrons. The van der Waals surface area contributed by atoms with Gasteiger partial charge in [-0.05, 0) is 36.5 Å². The lowest BCUT2D eigenvalue weighted by Gasteiger charge is -2.18. The molecule has 0 amide bonds. The van der Waals surface area contributed by atoms with Crippen LogP contribution in [0.4, 0.5) is 11.4 Å². The van der Waals surface area contributed by atoms with Crippen molar-refractivity contribution < 1.29 is 0 Å². The van der Waals surface area contributed by atoms with Crippen molar-refractivity contribution in [3.8, 4) is 0 Å². The Morgan fingerprint density at radius 1 is 1.15 bits per heavy atom. The number of nitrogens with zero attached hydrogens (tertiary/aromatic N) is 1. The minimum Gasteiger partial charge on any atom is -0.399 e. The first-order chi connectivity index (χ1) is 6.33. The molecule has 0 saturated carbocycles. The molecule has 0 bridgehead atoms. The summed E-state index contributed by atoms with van der Waals surface area (Å²) in [5.74, 6) is 0. The van der Waals surface area contributed by atoms with Crippen molar-refractivity contribution in [1.82, 2.24) is 0 Å². The van der Waals surface area contributed by atoms with Crippen LogP contribution in [-0.4, -0.2) is 0 Å². The van der Waals surface area contributed by atoms with Crippen molar-refractivity contribution in [2.24, 2.45) is 0 Å². The molecule has 2 rings (SSSR count). The summed E-state index contributed by atoms with van der Waals surface area (Å²) in [6, 6.07) is 3.70. The van der Waals surface area contributed by atoms with Crippen LogP contribution in [0.15, 0.2) is 12.1 Å². The van der Waals surface area contributed by atoms with E-state index >= 15 is 0 Å². The number of benzene rings is 1. The van der Waals surface area contributed by atoms with Gasteiger partial charge in [-0.1, -0.05) is 12.5 Å². The zero-order chi connectivity index (χ0) is 9.26. The Balaban J connectivity index is 2.61. The van der Waals surface area contributed by atoms with E-state index in [1.807, 2.05) is 12.1 Å². The van der Waals surface area contributed by atoms with Crippen LogP contribution < -0.4 is 5.73 Å². The minimum atomic E-state index is 0.795. The summed E-state index contributed by atoms with van der Waals surface area (Å²) in [6.45, 7) is 7.04. The van der Waals surface area contributed by atoms with Crippen LogP contribution in [0.25, 0.3) is 4.85 Å². The second-order valence-corrected chi connectivity index (χ2v) is 3.45. The summed E-state index contributed by atoms with van der Waals surface area (Å²) in [4.78, 5) is 3.52. The van der Waals surface area contributed by atoms with E-state index in [1.54, 1.807) is 0 Å². The molecular formula is C11H12N2. The Morgan fingerprint density at radius 3 is 2.54 bits per heavy atom. The summed E-state index contributed by atoms with van der Waals surface area (Å²) in [5, 5.41) is 0. The summed E-state index contributed by atoms with van der Waals surface area (Å²) in [5.41, 5.74) is 9.94. The summed E-state index contributed by atoms with van der Waals surface area (Å²) in [6.07, 6.45) is 4.47. The maximum atomic E-state index is 7.04. The predicted octanol–water partition coefficient (Wildman–Crippen LogP) is 2.70. The monoisotopic (exact) mass is 172 g/mol. The molecule has 0 saturated heterocycles. The van der Waals surface area contributed by atoms with Crippen LogP contribution >= 0.6 is 0 Å². The lowest BCUT2D eigenvalue weighted by Crippen LogP contribution is -2.05. The highest BCUT2D eigenvalue weighted by atomic mass is 14.7. The average molecular weight is 172 g/mol. The molecule has 1 aromatic carbocycles. The van der Waals surface area contributed by atoms with Gasteiger partial charge in [0.25, 0.3) is 0 Å². The van der Waals surface area contributed by atoms with E-state index in [0.29, 0.717) is 0 Å². The zero-order valence-electron chi connectivity index (χ0n) is 7.51. The van der Waals surface area contributed by atoms with Gasteiger partial charge in [0, 0.05) is 5.69 Å². The maximum Gasteiger partial charge on any atom is 0.190 e. The molecule has 13 heavy (non-hydrogen) atoms. The van der Waals surface area contributed by atoms with Crippen LogP contribution in [0.1, 0.15) is 24.0 Å². The molecule has 0 unspecified atom stereocenters. The third-order valence-electron chi connectivity index (χ3n) is 2.67. The Labute approximate surface area is 78.2 Å². The lowest BCUT2D eigenvalue weighted by atomic mass is 9.89. The molecule has 1 aliphatic rings. The van der Waals surface area contributed by atoms with Gasteiger partial charge < -0.3 is 5.73 Å². The molecule has 0 aromatic heterocycles. The van der Waals surface area contributed by atoms with Crippen molar-refractivity contribution >= 4 is 11.4 Å². The second-order valence-electron chi connectivity index (χ2n) is 3.45. The highest BCUT2D eigenvalue weighted by Crippen LogP contribution is 2.33. The normalized spacial score (nSPS) is 14.7. The Morgan fingerprint density at radius 2 is 1.85 bits per heavy atom. The molecule has 2 N–H and O–H groups in total. The minimum absolute atomic E-state index is 0.795. The molecule has 0 spiro atoms. The lowest BCUT2D eigenvalue weighted by molar-refractivity contribution is 0.689. The number of nitrogens with two attached hydrogens (primary N) is 1. The maximum absolute atomic E-state index is 7.04. The first-order valence-electron chi connectivity index (χ1n) is 4.60. The van der Waals surface area contributed by atoms with E-state index in [9.17, 15) is 0 Å². The summed E-state index contributed by atoms with van der Waals surface area (Å²) in [7, 11) is 0. The van der Waals surface area contributed by atoms with Crippen molar-refractivity contribution in [3.05, 3.63) is 34.7 Å². The van der Waals surface area contributed by atoms with Crippen LogP contribution in [0.2, 0.25) is 0 Å². The van der Waals surface area contributed by atoms with Gasteiger partial charge in [0.05, 0.1) is 6.57 Å². The molecule has 0 heterocycles. The molecule has 66 valence electrons. The SMILES string of the molecule is [C-]#[N+]c1ccc(N)c2c1CCCC2. The third kappa shape index (κ3) is 1.27. The van der Waals surface area contributed by atoms with E-state index in [4.69, 9.17) is 12.3 Å². The fourth-order valence-electron chi connectivity index (χ4n) is 1.98. The van der Waals surface area contributed by atoms with Crippen molar-refractivity contribution in [1.29, 1.82) is 0 Å². The number of hydrogen-bond acceptors (Lipinski definition) is 1. The van der Waals surface area contributed by atoms with Crippen LogP contribution in [0.5, 0.6) is 0 Å². The summed E-state index contributed by atoms with van der Waals surface area (Å²) < 4.78 is 0. The van der Waals surface area contributed by atoms with E-state index < -0.39 is 0 Å². The first-order valence-corrected chi connectivity index (χ1v) is 4.60. The average Bonchev–Trinajstić information content (AvgIpc) is 2.19. The smallest absolute Gasteiger partial charge is 0.190 e. The van der Waals surface area contributed by atoms with Gasteiger partial charge in [0.2, 0.25) is 0 Å². The van der Waals surface area contributed by atoms with Gasteiger partial charge in [-0.2, -0.15) is 0 Å². The van der Waals surface area contributed by atoms with Gasteiger partial charge in [-0.3, -0.25) is 0 Å². The molecule has 0 aliphatic heterocycles. The molecule has 0 fully saturated rings. The molecule has 2 nitrogen and oxygen atoms in total. The van der Waals surface area contributed by atoms with Gasteiger partial charge in [0.15, 0.2) is 5.69 Å². The number of nitrogen functional groups attached to an aromatic ring is 1. The Kier molecular flexibility index (Phi) is 1.94. The summed E-state index contributed by atoms with van der Waals surface area (Å²) >= 11 is 0. The molecule has 0 atom stereocenters. The van der Waals surface area contributed by atoms with Crippen molar-refractivity contribution in [2.75, 3.05) is 5.73 Å². The zero-order valence-corrected chi connectivity index (χ0v) is 7.51. The predicted molar refractivity (Wildman–Crippen MR) is 53.8 cm³/mol. The molecule has 1 aliphatic carbocycles. The highest BCUT2D eigenvalue weighted by molar-refractivity contribution is 5.65. The standard InChI is InChI=1S/C11H12N2/c1-13-11-7-6-10(12)8-4-2-3-5-9(8)11/h6-7H,2-5,12H2. The van der Waals surface area contributed by atoms with Crippen LogP contribution in [-0.2, 0) is 12.8 Å². The third-order valence-corrected chi connectivity index (χ3v) is 2.67. The van der Waals surface area contributed by atoms with Gasteiger partial charge >= 0.3 is 0 Å². The van der Waals surface area contributed by atoms with Crippen molar-refractivity contribution in [2.45, 2.75) is 25.7 Å². The van der Waals surface area contributed by atoms with Gasteiger partial charge in [0.1, 0.15) is 0 Å². The Bertz CT molecular complexity index is 374. The Hall–Kier alpha value is -1.49. The molecular weight excluding hydrogens is 160 g/mol. The van der Waals surface area contributed by atoms with Gasteiger partial charge in [-0.15, -0.1) is 0 Å². The van der Waals surface area contributed by atoms with E-state index in [-0.39, 0.29) is 0 Å². The number of hydrogen-bond donors (Lipinski definition) is 1. The fourth-order valence-corrected chi connectivity index (χ4v) is 1.98. The fraction of sp³-hybridized carbons (Fsp3) is 0.364. The van der Waals surface area contributed by atoms with Crippen LogP contribution in [0, 0.1) is 6.57 Å². The van der Waals surface area contributed by atoms with E-state index in [2.05, 4.69) is 4.85 Å². The van der Waals surface area contributed by atoms with E-state index in [0.717, 1.165) is 24.2 Å². The number of fused-ring (bicyclic) bond motifs is 1. The van der Waals surface area contributed by atoms with Crippen LogP contribution in [0.3, 0.4) is 0 Å². The van der Waals surface area contributed by atoms with Gasteiger partial charge in [-0.25, -0.2) is 4.85 Å².